The zero-order valence-corrected chi connectivity index (χ0v) is 17.3. The van der Waals surface area contributed by atoms with Gasteiger partial charge in [0, 0.05) is 37.0 Å². The number of pyridine rings is 1. The lowest BCUT2D eigenvalue weighted by atomic mass is 9.96. The number of halogens is 3. The fraction of sp³-hybridized carbons (Fsp3) is 0.227. The summed E-state index contributed by atoms with van der Waals surface area (Å²) in [5.41, 5.74) is -1.06. The highest BCUT2D eigenvalue weighted by molar-refractivity contribution is 6.37. The molecular formula is C22H16ClF2N5O2. The van der Waals surface area contributed by atoms with E-state index >= 15 is 8.78 Å². The lowest BCUT2D eigenvalue weighted by Crippen LogP contribution is -2.53. The summed E-state index contributed by atoms with van der Waals surface area (Å²) in [5.74, 6) is -0.889. The van der Waals surface area contributed by atoms with Gasteiger partial charge in [-0.25, -0.2) is 18.7 Å². The Balaban J connectivity index is 1.73. The van der Waals surface area contributed by atoms with Crippen LogP contribution in [-0.4, -0.2) is 47.2 Å². The van der Waals surface area contributed by atoms with Gasteiger partial charge in [0.05, 0.1) is 21.8 Å². The Morgan fingerprint density at radius 2 is 2.03 bits per heavy atom. The van der Waals surface area contributed by atoms with Crippen LogP contribution in [0.5, 0.6) is 5.75 Å². The average molecular weight is 456 g/mol. The van der Waals surface area contributed by atoms with Gasteiger partial charge in [0.1, 0.15) is 30.1 Å². The van der Waals surface area contributed by atoms with Crippen LogP contribution in [0.2, 0.25) is 5.02 Å². The van der Waals surface area contributed by atoms with Crippen molar-refractivity contribution in [3.05, 3.63) is 57.7 Å². The van der Waals surface area contributed by atoms with E-state index in [2.05, 4.69) is 25.2 Å². The molecule has 0 bridgehead atoms. The van der Waals surface area contributed by atoms with Gasteiger partial charge >= 0.3 is 0 Å². The molecule has 2 aromatic heterocycles. The van der Waals surface area contributed by atoms with E-state index in [0.717, 1.165) is 6.54 Å². The van der Waals surface area contributed by atoms with Crippen molar-refractivity contribution in [2.24, 2.45) is 0 Å². The quantitative estimate of drug-likeness (QED) is 0.458. The number of hydrogen-bond donors (Lipinski definition) is 2. The molecular weight excluding hydrogens is 440 g/mol. The molecule has 0 aliphatic carbocycles. The third kappa shape index (κ3) is 2.64. The first-order chi connectivity index (χ1) is 15.6. The second-order valence-electron chi connectivity index (χ2n) is 7.81. The van der Waals surface area contributed by atoms with Crippen LogP contribution in [0.3, 0.4) is 0 Å². The largest absolute Gasteiger partial charge is 0.489 e. The Morgan fingerprint density at radius 1 is 1.16 bits per heavy atom. The number of aromatic nitrogens is 3. The fourth-order valence-corrected chi connectivity index (χ4v) is 4.96. The molecule has 4 aromatic rings. The van der Waals surface area contributed by atoms with Crippen LogP contribution in [0.1, 0.15) is 0 Å². The molecule has 10 heteroatoms. The smallest absolute Gasteiger partial charge is 0.256 e. The minimum absolute atomic E-state index is 0.00405. The number of H-pyrrole nitrogens is 1. The first-order valence-corrected chi connectivity index (χ1v) is 10.5. The fourth-order valence-electron chi connectivity index (χ4n) is 4.63. The van der Waals surface area contributed by atoms with E-state index in [1.165, 1.54) is 24.7 Å². The molecule has 1 saturated heterocycles. The molecule has 7 nitrogen and oxygen atoms in total. The number of anilines is 1. The molecule has 1 fully saturated rings. The van der Waals surface area contributed by atoms with Crippen molar-refractivity contribution in [1.82, 2.24) is 20.3 Å². The summed E-state index contributed by atoms with van der Waals surface area (Å²) in [5, 5.41) is 4.00. The van der Waals surface area contributed by atoms with Crippen molar-refractivity contribution in [2.75, 3.05) is 31.1 Å². The van der Waals surface area contributed by atoms with Crippen molar-refractivity contribution in [3.8, 4) is 16.9 Å². The predicted octanol–water partition coefficient (Wildman–Crippen LogP) is 3.24. The molecule has 162 valence electrons. The monoisotopic (exact) mass is 455 g/mol. The average Bonchev–Trinajstić information content (AvgIpc) is 2.97. The SMILES string of the molecule is O=c1[nH]ccc2ccc(F)c(-c3c(Cl)c4c5c(ncnc5c3F)N3CCNC[C@H]3CO4)c12. The summed E-state index contributed by atoms with van der Waals surface area (Å²) in [6, 6.07) is 4.23. The van der Waals surface area contributed by atoms with Crippen LogP contribution in [0, 0.1) is 11.6 Å². The van der Waals surface area contributed by atoms with E-state index in [4.69, 9.17) is 16.3 Å². The molecule has 32 heavy (non-hydrogen) atoms. The maximum atomic E-state index is 16.0. The van der Waals surface area contributed by atoms with E-state index in [-0.39, 0.29) is 45.5 Å². The molecule has 6 rings (SSSR count). The highest BCUT2D eigenvalue weighted by Gasteiger charge is 2.34. The van der Waals surface area contributed by atoms with Gasteiger partial charge in [0.25, 0.3) is 5.56 Å². The molecule has 0 unspecified atom stereocenters. The maximum Gasteiger partial charge on any atom is 0.256 e. The number of fused-ring (bicyclic) bond motifs is 3. The Morgan fingerprint density at radius 3 is 2.91 bits per heavy atom. The van der Waals surface area contributed by atoms with Gasteiger partial charge in [-0.2, -0.15) is 0 Å². The Kier molecular flexibility index (Phi) is 4.31. The van der Waals surface area contributed by atoms with E-state index in [1.54, 1.807) is 6.07 Å². The molecule has 0 spiro atoms. The molecule has 2 aliphatic heterocycles. The highest BCUT2D eigenvalue weighted by Crippen LogP contribution is 2.48. The minimum atomic E-state index is -0.829. The Bertz CT molecular complexity index is 1470. The highest BCUT2D eigenvalue weighted by atomic mass is 35.5. The molecule has 2 N–H and O–H groups in total. The van der Waals surface area contributed by atoms with Crippen LogP contribution < -0.4 is 20.5 Å². The number of hydrogen-bond acceptors (Lipinski definition) is 6. The molecule has 0 amide bonds. The summed E-state index contributed by atoms with van der Waals surface area (Å²) in [6.07, 6.45) is 2.73. The normalized spacial score (nSPS) is 17.8. The zero-order valence-electron chi connectivity index (χ0n) is 16.6. The standard InChI is InChI=1S/C22H16ClF2N5O2/c23-17-15(14-12(24)2-1-10-3-4-27-22(31)13(10)14)18(25)19-16-20(17)32-8-11-7-26-5-6-30(11)21(16)29-9-28-19/h1-4,9,11,26H,5-8H2,(H,27,31)/t11-/m0/s1. The Labute approximate surface area is 185 Å². The lowest BCUT2D eigenvalue weighted by molar-refractivity contribution is 0.274. The number of nitrogens with one attached hydrogen (secondary N) is 2. The van der Waals surface area contributed by atoms with Crippen LogP contribution in [0.25, 0.3) is 32.8 Å². The van der Waals surface area contributed by atoms with Crippen LogP contribution >= 0.6 is 11.6 Å². The molecule has 4 heterocycles. The third-order valence-electron chi connectivity index (χ3n) is 6.08. The first kappa shape index (κ1) is 19.4. The van der Waals surface area contributed by atoms with Gasteiger partial charge in [-0.05, 0) is 17.5 Å². The Hall–Kier alpha value is -3.30. The van der Waals surface area contributed by atoms with E-state index < -0.39 is 17.2 Å². The molecule has 2 aromatic carbocycles. The second kappa shape index (κ2) is 7.11. The van der Waals surface area contributed by atoms with Crippen molar-refractivity contribution in [3.63, 3.8) is 0 Å². The summed E-state index contributed by atoms with van der Waals surface area (Å²) < 4.78 is 37.2. The van der Waals surface area contributed by atoms with E-state index in [0.29, 0.717) is 29.7 Å². The van der Waals surface area contributed by atoms with Gasteiger partial charge in [-0.15, -0.1) is 0 Å². The summed E-state index contributed by atoms with van der Waals surface area (Å²) >= 11 is 6.69. The number of nitrogens with zero attached hydrogens (tertiary/aromatic N) is 3. The van der Waals surface area contributed by atoms with Crippen molar-refractivity contribution in [2.45, 2.75) is 6.04 Å². The predicted molar refractivity (Wildman–Crippen MR) is 118 cm³/mol. The van der Waals surface area contributed by atoms with Crippen LogP contribution in [0.4, 0.5) is 14.6 Å². The number of piperazine rings is 1. The minimum Gasteiger partial charge on any atom is -0.489 e. The first-order valence-electron chi connectivity index (χ1n) is 10.1. The second-order valence-corrected chi connectivity index (χ2v) is 8.19. The van der Waals surface area contributed by atoms with Crippen LogP contribution in [0.15, 0.2) is 35.5 Å². The summed E-state index contributed by atoms with van der Waals surface area (Å²) in [6.45, 7) is 2.35. The third-order valence-corrected chi connectivity index (χ3v) is 6.44. The van der Waals surface area contributed by atoms with Gasteiger partial charge in [0.2, 0.25) is 0 Å². The van der Waals surface area contributed by atoms with E-state index in [1.807, 2.05) is 0 Å². The van der Waals surface area contributed by atoms with E-state index in [9.17, 15) is 4.79 Å². The van der Waals surface area contributed by atoms with Gasteiger partial charge in [-0.3, -0.25) is 4.79 Å². The number of aromatic amines is 1. The van der Waals surface area contributed by atoms with Gasteiger partial charge in [0.15, 0.2) is 11.6 Å². The number of benzene rings is 2. The van der Waals surface area contributed by atoms with Crippen molar-refractivity contribution < 1.29 is 13.5 Å². The molecule has 2 aliphatic rings. The summed E-state index contributed by atoms with van der Waals surface area (Å²) in [7, 11) is 0. The molecule has 0 saturated carbocycles. The van der Waals surface area contributed by atoms with Crippen molar-refractivity contribution >= 4 is 39.1 Å². The molecule has 0 radical (unpaired) electrons. The number of rotatable bonds is 1. The number of ether oxygens (including phenoxy) is 1. The zero-order chi connectivity index (χ0) is 22.0. The van der Waals surface area contributed by atoms with Crippen LogP contribution in [-0.2, 0) is 0 Å². The van der Waals surface area contributed by atoms with Gasteiger partial charge in [-0.1, -0.05) is 17.7 Å². The summed E-state index contributed by atoms with van der Waals surface area (Å²) in [4.78, 5) is 25.7. The molecule has 1 atom stereocenters. The van der Waals surface area contributed by atoms with Crippen molar-refractivity contribution in [1.29, 1.82) is 0 Å². The topological polar surface area (TPSA) is 83.1 Å². The lowest BCUT2D eigenvalue weighted by Gasteiger charge is -2.35. The van der Waals surface area contributed by atoms with Gasteiger partial charge < -0.3 is 19.9 Å². The maximum absolute atomic E-state index is 16.0.